The van der Waals surface area contributed by atoms with Crippen molar-refractivity contribution < 1.29 is 11.0 Å². The summed E-state index contributed by atoms with van der Waals surface area (Å²) in [4.78, 5) is 24.3. The van der Waals surface area contributed by atoms with Crippen LogP contribution in [0.5, 0.6) is 0 Å². The van der Waals surface area contributed by atoms with Gasteiger partial charge in [-0.2, -0.15) is 0 Å². The van der Waals surface area contributed by atoms with Gasteiger partial charge < -0.3 is 0 Å². The van der Waals surface area contributed by atoms with Crippen molar-refractivity contribution in [2.24, 2.45) is 23.2 Å². The maximum atomic E-state index is 12.5. The van der Waals surface area contributed by atoms with Crippen molar-refractivity contribution in [3.05, 3.63) is 22.8 Å². The van der Waals surface area contributed by atoms with Gasteiger partial charge in [0.2, 0.25) is 0 Å². The Morgan fingerprint density at radius 1 is 1.18 bits per heavy atom. The van der Waals surface area contributed by atoms with Gasteiger partial charge in [-0.05, 0) is 73.5 Å². The number of hydrogen-bond donors (Lipinski definition) is 0. The van der Waals surface area contributed by atoms with E-state index in [1.54, 1.807) is 5.57 Å². The van der Waals surface area contributed by atoms with Gasteiger partial charge in [0.15, 0.2) is 5.78 Å². The molecule has 0 amide bonds. The highest BCUT2D eigenvalue weighted by molar-refractivity contribution is 5.93. The largest absolute Gasteiger partial charge is 0.299 e. The Hall–Kier alpha value is -1.18. The van der Waals surface area contributed by atoms with E-state index < -0.39 is 0 Å². The molecule has 0 aliphatic heterocycles. The average molecular weight is 300 g/mol. The minimum absolute atomic E-state index is 0. The molecule has 2 heteroatoms. The van der Waals surface area contributed by atoms with Gasteiger partial charge in [0.1, 0.15) is 5.78 Å². The summed E-state index contributed by atoms with van der Waals surface area (Å²) in [6, 6.07) is 0. The second-order valence-corrected chi connectivity index (χ2v) is 8.01. The topological polar surface area (TPSA) is 34.1 Å². The highest BCUT2D eigenvalue weighted by Crippen LogP contribution is 2.60. The quantitative estimate of drug-likeness (QED) is 0.706. The van der Waals surface area contributed by atoms with E-state index in [2.05, 4.69) is 13.8 Å². The third-order valence-corrected chi connectivity index (χ3v) is 7.04. The molecule has 0 aromatic heterocycles. The molecule has 1 unspecified atom stereocenters. The van der Waals surface area contributed by atoms with Gasteiger partial charge in [-0.3, -0.25) is 9.59 Å². The molecule has 0 aromatic rings. The van der Waals surface area contributed by atoms with Crippen molar-refractivity contribution in [2.75, 3.05) is 0 Å². The number of carbonyl (C=O) groups is 2. The SMILES string of the molecule is CC[C@H]1C[C@]2(C)C(=O)CC[C@H]2C2CCC3=CC(=O)CCC3=C21.[HH]. The fourth-order valence-corrected chi connectivity index (χ4v) is 5.97. The monoisotopic (exact) mass is 300 g/mol. The van der Waals surface area contributed by atoms with Crippen LogP contribution in [-0.4, -0.2) is 11.6 Å². The predicted molar refractivity (Wildman–Crippen MR) is 88.4 cm³/mol. The maximum absolute atomic E-state index is 12.5. The zero-order valence-corrected chi connectivity index (χ0v) is 13.8. The van der Waals surface area contributed by atoms with E-state index in [0.717, 1.165) is 44.9 Å². The summed E-state index contributed by atoms with van der Waals surface area (Å²) in [5.74, 6) is 2.54. The van der Waals surface area contributed by atoms with Gasteiger partial charge in [0, 0.05) is 19.7 Å². The van der Waals surface area contributed by atoms with Crippen molar-refractivity contribution in [3.63, 3.8) is 0 Å². The van der Waals surface area contributed by atoms with Crippen LogP contribution in [0.1, 0.15) is 66.6 Å². The number of carbonyl (C=O) groups excluding carboxylic acids is 2. The van der Waals surface area contributed by atoms with Gasteiger partial charge in [0.05, 0.1) is 0 Å². The molecule has 0 spiro atoms. The molecule has 0 radical (unpaired) electrons. The van der Waals surface area contributed by atoms with Crippen LogP contribution < -0.4 is 0 Å². The van der Waals surface area contributed by atoms with E-state index >= 15 is 0 Å². The summed E-state index contributed by atoms with van der Waals surface area (Å²) in [5.41, 5.74) is 4.43. The molecule has 2 nitrogen and oxygen atoms in total. The fourth-order valence-electron chi connectivity index (χ4n) is 5.97. The Labute approximate surface area is 134 Å². The normalized spacial score (nSPS) is 41.0. The fraction of sp³-hybridized carbons (Fsp3) is 0.700. The molecule has 0 saturated heterocycles. The Balaban J connectivity index is 0.00000156. The molecule has 4 aliphatic rings. The summed E-state index contributed by atoms with van der Waals surface area (Å²) >= 11 is 0. The first kappa shape index (κ1) is 14.4. The van der Waals surface area contributed by atoms with Gasteiger partial charge in [-0.15, -0.1) is 0 Å². The Morgan fingerprint density at radius 3 is 2.77 bits per heavy atom. The third-order valence-electron chi connectivity index (χ3n) is 7.04. The molecule has 2 fully saturated rings. The zero-order valence-electron chi connectivity index (χ0n) is 13.8. The van der Waals surface area contributed by atoms with E-state index in [4.69, 9.17) is 0 Å². The molecule has 4 atom stereocenters. The molecule has 0 bridgehead atoms. The minimum atomic E-state index is -0.0683. The molecule has 4 rings (SSSR count). The smallest absolute Gasteiger partial charge is 0.156 e. The molecule has 22 heavy (non-hydrogen) atoms. The Morgan fingerprint density at radius 2 is 2.00 bits per heavy atom. The summed E-state index contributed by atoms with van der Waals surface area (Å²) in [6.45, 7) is 4.51. The summed E-state index contributed by atoms with van der Waals surface area (Å²) in [5, 5.41) is 0. The second kappa shape index (κ2) is 4.91. The summed E-state index contributed by atoms with van der Waals surface area (Å²) < 4.78 is 0. The van der Waals surface area contributed by atoms with E-state index in [9.17, 15) is 9.59 Å². The first-order chi connectivity index (χ1) is 10.5. The van der Waals surface area contributed by atoms with Crippen molar-refractivity contribution in [2.45, 2.75) is 65.2 Å². The first-order valence-electron chi connectivity index (χ1n) is 9.04. The molecule has 2 saturated carbocycles. The van der Waals surface area contributed by atoms with Crippen LogP contribution in [0, 0.1) is 23.2 Å². The molecular formula is C20H28O2. The third kappa shape index (κ3) is 1.85. The van der Waals surface area contributed by atoms with Crippen molar-refractivity contribution in [1.29, 1.82) is 0 Å². The lowest BCUT2D eigenvalue weighted by Crippen LogP contribution is -2.44. The van der Waals surface area contributed by atoms with Crippen LogP contribution in [0.15, 0.2) is 22.8 Å². The molecular weight excluding hydrogens is 272 g/mol. The van der Waals surface area contributed by atoms with Crippen molar-refractivity contribution in [1.82, 2.24) is 0 Å². The molecule has 0 N–H and O–H groups in total. The van der Waals surface area contributed by atoms with Crippen LogP contribution >= 0.6 is 0 Å². The first-order valence-corrected chi connectivity index (χ1v) is 9.04. The van der Waals surface area contributed by atoms with Crippen LogP contribution in [0.4, 0.5) is 0 Å². The average Bonchev–Trinajstić information content (AvgIpc) is 2.81. The highest BCUT2D eigenvalue weighted by atomic mass is 16.1. The maximum Gasteiger partial charge on any atom is 0.156 e. The lowest BCUT2D eigenvalue weighted by atomic mass is 9.54. The summed E-state index contributed by atoms with van der Waals surface area (Å²) in [6.07, 6.45) is 9.81. The van der Waals surface area contributed by atoms with E-state index in [-0.39, 0.29) is 6.84 Å². The lowest BCUT2D eigenvalue weighted by Gasteiger charge is -2.50. The van der Waals surface area contributed by atoms with Crippen LogP contribution in [0.2, 0.25) is 0 Å². The standard InChI is InChI=1S/C20H26O2.H2/c1-3-12-11-20(2)17(8-9-18(20)22)16-6-4-13-10-14(21)5-7-15(13)19(12)16;/h10,12,16-17H,3-9,11H2,1-2H3;1H/t12-,16?,17-,20-;/m0./s1. The van der Waals surface area contributed by atoms with E-state index in [1.165, 1.54) is 11.1 Å². The molecule has 0 aromatic carbocycles. The second-order valence-electron chi connectivity index (χ2n) is 8.01. The van der Waals surface area contributed by atoms with Crippen LogP contribution in [0.25, 0.3) is 0 Å². The van der Waals surface area contributed by atoms with Gasteiger partial charge in [0.25, 0.3) is 0 Å². The highest BCUT2D eigenvalue weighted by Gasteiger charge is 2.55. The van der Waals surface area contributed by atoms with Gasteiger partial charge in [-0.25, -0.2) is 0 Å². The number of allylic oxidation sites excluding steroid dienone is 4. The van der Waals surface area contributed by atoms with Crippen LogP contribution in [-0.2, 0) is 9.59 Å². The molecule has 120 valence electrons. The van der Waals surface area contributed by atoms with Gasteiger partial charge >= 0.3 is 0 Å². The predicted octanol–water partition coefficient (Wildman–Crippen LogP) is 4.64. The zero-order chi connectivity index (χ0) is 15.5. The van der Waals surface area contributed by atoms with E-state index in [1.807, 2.05) is 6.08 Å². The van der Waals surface area contributed by atoms with E-state index in [0.29, 0.717) is 35.7 Å². The Bertz CT molecular complexity index is 615. The number of ketones is 2. The van der Waals surface area contributed by atoms with Crippen LogP contribution in [0.3, 0.4) is 0 Å². The summed E-state index contributed by atoms with van der Waals surface area (Å²) in [7, 11) is 0. The molecule has 4 aliphatic carbocycles. The number of fused-ring (bicyclic) bond motifs is 4. The number of hydrogen-bond acceptors (Lipinski definition) is 2. The number of Topliss-reactive ketones (excluding diaryl/α,β-unsaturated/α-hetero) is 1. The van der Waals surface area contributed by atoms with Crippen molar-refractivity contribution in [3.8, 4) is 0 Å². The lowest BCUT2D eigenvalue weighted by molar-refractivity contribution is -0.129. The van der Waals surface area contributed by atoms with Gasteiger partial charge in [-0.1, -0.05) is 19.4 Å². The minimum Gasteiger partial charge on any atom is -0.299 e. The Kier molecular flexibility index (Phi) is 3.22. The number of rotatable bonds is 1. The van der Waals surface area contributed by atoms with Crippen molar-refractivity contribution >= 4 is 11.6 Å². The molecule has 0 heterocycles.